The van der Waals surface area contributed by atoms with Crippen LogP contribution in [-0.2, 0) is 6.54 Å². The van der Waals surface area contributed by atoms with E-state index in [1.165, 1.54) is 27.3 Å². The van der Waals surface area contributed by atoms with Crippen LogP contribution in [0.25, 0.3) is 0 Å². The van der Waals surface area contributed by atoms with Crippen LogP contribution in [-0.4, -0.2) is 6.26 Å². The molecular formula is C16H19NS. The number of hydrogen-bond acceptors (Lipinski definition) is 2. The first kappa shape index (κ1) is 13.0. The summed E-state index contributed by atoms with van der Waals surface area (Å²) < 4.78 is 0. The monoisotopic (exact) mass is 257 g/mol. The van der Waals surface area contributed by atoms with Gasteiger partial charge in [-0.1, -0.05) is 41.5 Å². The Bertz CT molecular complexity index is 514. The van der Waals surface area contributed by atoms with E-state index in [2.05, 4.69) is 67.9 Å². The molecule has 0 saturated heterocycles. The van der Waals surface area contributed by atoms with E-state index in [0.717, 1.165) is 6.54 Å². The SMILES string of the molecule is CSc1ccccc1NCc1cc(C)cc(C)c1. The van der Waals surface area contributed by atoms with E-state index in [1.54, 1.807) is 11.8 Å². The number of hydrogen-bond donors (Lipinski definition) is 1. The first-order valence-electron chi connectivity index (χ1n) is 6.13. The Morgan fingerprint density at radius 1 is 1.00 bits per heavy atom. The van der Waals surface area contributed by atoms with Crippen molar-refractivity contribution in [3.05, 3.63) is 59.2 Å². The van der Waals surface area contributed by atoms with Crippen molar-refractivity contribution in [2.45, 2.75) is 25.3 Å². The van der Waals surface area contributed by atoms with Gasteiger partial charge in [-0.05, 0) is 37.8 Å². The van der Waals surface area contributed by atoms with Crippen molar-refractivity contribution in [3.63, 3.8) is 0 Å². The van der Waals surface area contributed by atoms with Gasteiger partial charge in [-0.3, -0.25) is 0 Å². The van der Waals surface area contributed by atoms with Crippen molar-refractivity contribution < 1.29 is 0 Å². The van der Waals surface area contributed by atoms with Crippen molar-refractivity contribution >= 4 is 17.4 Å². The average Bonchev–Trinajstić information content (AvgIpc) is 2.35. The van der Waals surface area contributed by atoms with Crippen LogP contribution < -0.4 is 5.32 Å². The molecule has 2 heteroatoms. The van der Waals surface area contributed by atoms with Gasteiger partial charge in [-0.25, -0.2) is 0 Å². The standard InChI is InChI=1S/C16H19NS/c1-12-8-13(2)10-14(9-12)11-17-15-6-4-5-7-16(15)18-3/h4-10,17H,11H2,1-3H3. The fraction of sp³-hybridized carbons (Fsp3) is 0.250. The lowest BCUT2D eigenvalue weighted by atomic mass is 10.1. The highest BCUT2D eigenvalue weighted by molar-refractivity contribution is 7.98. The Balaban J connectivity index is 2.11. The smallest absolute Gasteiger partial charge is 0.0480 e. The van der Waals surface area contributed by atoms with Crippen molar-refractivity contribution in [1.82, 2.24) is 0 Å². The number of rotatable bonds is 4. The number of anilines is 1. The Labute approximate surface area is 114 Å². The molecule has 0 saturated carbocycles. The van der Waals surface area contributed by atoms with Crippen LogP contribution >= 0.6 is 11.8 Å². The second-order valence-corrected chi connectivity index (χ2v) is 5.40. The molecule has 0 aliphatic heterocycles. The third-order valence-corrected chi connectivity index (χ3v) is 3.67. The molecule has 0 aromatic heterocycles. The molecule has 0 fully saturated rings. The first-order valence-corrected chi connectivity index (χ1v) is 7.35. The van der Waals surface area contributed by atoms with Gasteiger partial charge in [0.15, 0.2) is 0 Å². The summed E-state index contributed by atoms with van der Waals surface area (Å²) in [5.74, 6) is 0. The van der Waals surface area contributed by atoms with Gasteiger partial charge in [0.05, 0.1) is 0 Å². The van der Waals surface area contributed by atoms with E-state index >= 15 is 0 Å². The predicted octanol–water partition coefficient (Wildman–Crippen LogP) is 4.64. The number of thioether (sulfide) groups is 1. The van der Waals surface area contributed by atoms with Gasteiger partial charge in [0.1, 0.15) is 0 Å². The molecule has 18 heavy (non-hydrogen) atoms. The maximum atomic E-state index is 3.51. The molecular weight excluding hydrogens is 238 g/mol. The van der Waals surface area contributed by atoms with Crippen LogP contribution in [0.2, 0.25) is 0 Å². The van der Waals surface area contributed by atoms with E-state index in [1.807, 2.05) is 0 Å². The Kier molecular flexibility index (Phi) is 4.32. The molecule has 0 aliphatic carbocycles. The largest absolute Gasteiger partial charge is 0.380 e. The van der Waals surface area contributed by atoms with Crippen LogP contribution in [0.15, 0.2) is 47.4 Å². The van der Waals surface area contributed by atoms with E-state index in [9.17, 15) is 0 Å². The first-order chi connectivity index (χ1) is 8.69. The molecule has 0 amide bonds. The highest BCUT2D eigenvalue weighted by Gasteiger charge is 2.00. The molecule has 0 unspecified atom stereocenters. The van der Waals surface area contributed by atoms with Crippen LogP contribution in [0.1, 0.15) is 16.7 Å². The lowest BCUT2D eigenvalue weighted by Crippen LogP contribution is -2.01. The van der Waals surface area contributed by atoms with E-state index in [4.69, 9.17) is 0 Å². The van der Waals surface area contributed by atoms with Crippen molar-refractivity contribution in [2.75, 3.05) is 11.6 Å². The molecule has 0 atom stereocenters. The van der Waals surface area contributed by atoms with Gasteiger partial charge < -0.3 is 5.32 Å². The van der Waals surface area contributed by atoms with E-state index < -0.39 is 0 Å². The summed E-state index contributed by atoms with van der Waals surface area (Å²) in [5.41, 5.74) is 5.20. The minimum atomic E-state index is 0.875. The van der Waals surface area contributed by atoms with Crippen molar-refractivity contribution in [1.29, 1.82) is 0 Å². The topological polar surface area (TPSA) is 12.0 Å². The molecule has 94 valence electrons. The highest BCUT2D eigenvalue weighted by Crippen LogP contribution is 2.25. The fourth-order valence-corrected chi connectivity index (χ4v) is 2.73. The van der Waals surface area contributed by atoms with Crippen LogP contribution in [0.4, 0.5) is 5.69 Å². The predicted molar refractivity (Wildman–Crippen MR) is 81.5 cm³/mol. The number of para-hydroxylation sites is 1. The highest BCUT2D eigenvalue weighted by atomic mass is 32.2. The van der Waals surface area contributed by atoms with Gasteiger partial charge in [0.2, 0.25) is 0 Å². The molecule has 0 bridgehead atoms. The van der Waals surface area contributed by atoms with Gasteiger partial charge in [0, 0.05) is 17.1 Å². The molecule has 1 nitrogen and oxygen atoms in total. The summed E-state index contributed by atoms with van der Waals surface area (Å²) in [7, 11) is 0. The molecule has 0 radical (unpaired) electrons. The Hall–Kier alpha value is -1.41. The van der Waals surface area contributed by atoms with Gasteiger partial charge in [-0.15, -0.1) is 11.8 Å². The minimum Gasteiger partial charge on any atom is -0.380 e. The summed E-state index contributed by atoms with van der Waals surface area (Å²) in [5, 5.41) is 3.51. The van der Waals surface area contributed by atoms with Gasteiger partial charge in [0.25, 0.3) is 0 Å². The molecule has 2 aromatic carbocycles. The van der Waals surface area contributed by atoms with Crippen LogP contribution in [0.5, 0.6) is 0 Å². The van der Waals surface area contributed by atoms with Gasteiger partial charge >= 0.3 is 0 Å². The molecule has 2 aromatic rings. The zero-order valence-electron chi connectivity index (χ0n) is 11.2. The molecule has 1 N–H and O–H groups in total. The summed E-state index contributed by atoms with van der Waals surface area (Å²) in [6, 6.07) is 15.1. The maximum absolute atomic E-state index is 3.51. The number of nitrogens with one attached hydrogen (secondary N) is 1. The molecule has 0 heterocycles. The summed E-state index contributed by atoms with van der Waals surface area (Å²) in [6.45, 7) is 5.17. The van der Waals surface area contributed by atoms with Crippen LogP contribution in [0, 0.1) is 13.8 Å². The molecule has 0 spiro atoms. The second-order valence-electron chi connectivity index (χ2n) is 4.55. The Morgan fingerprint density at radius 2 is 1.67 bits per heavy atom. The van der Waals surface area contributed by atoms with Crippen LogP contribution in [0.3, 0.4) is 0 Å². The zero-order chi connectivity index (χ0) is 13.0. The van der Waals surface area contributed by atoms with Crippen molar-refractivity contribution in [2.24, 2.45) is 0 Å². The fourth-order valence-electron chi connectivity index (χ4n) is 2.16. The maximum Gasteiger partial charge on any atom is 0.0480 e. The van der Waals surface area contributed by atoms with Crippen molar-refractivity contribution in [3.8, 4) is 0 Å². The molecule has 0 aliphatic rings. The van der Waals surface area contributed by atoms with E-state index in [0.29, 0.717) is 0 Å². The van der Waals surface area contributed by atoms with Gasteiger partial charge in [-0.2, -0.15) is 0 Å². The quantitative estimate of drug-likeness (QED) is 0.801. The third-order valence-electron chi connectivity index (χ3n) is 2.87. The van der Waals surface area contributed by atoms with E-state index in [-0.39, 0.29) is 0 Å². The zero-order valence-corrected chi connectivity index (χ0v) is 12.0. The second kappa shape index (κ2) is 5.96. The Morgan fingerprint density at radius 3 is 2.33 bits per heavy atom. The third kappa shape index (κ3) is 3.30. The molecule has 2 rings (SSSR count). The number of benzene rings is 2. The summed E-state index contributed by atoms with van der Waals surface area (Å²) in [6.07, 6.45) is 2.11. The minimum absolute atomic E-state index is 0.875. The number of aryl methyl sites for hydroxylation is 2. The summed E-state index contributed by atoms with van der Waals surface area (Å²) >= 11 is 1.77. The normalized spacial score (nSPS) is 10.4. The lowest BCUT2D eigenvalue weighted by molar-refractivity contribution is 1.12. The summed E-state index contributed by atoms with van der Waals surface area (Å²) in [4.78, 5) is 1.29. The lowest BCUT2D eigenvalue weighted by Gasteiger charge is -2.11. The average molecular weight is 257 g/mol.